The summed E-state index contributed by atoms with van der Waals surface area (Å²) in [6.07, 6.45) is 3.45. The van der Waals surface area contributed by atoms with E-state index < -0.39 is 0 Å². The molecule has 30 heavy (non-hydrogen) atoms. The number of carbonyl (C=O) groups excluding carboxylic acids is 1. The van der Waals surface area contributed by atoms with Crippen LogP contribution in [0.25, 0.3) is 22.4 Å². The first-order valence-corrected chi connectivity index (χ1v) is 10.6. The van der Waals surface area contributed by atoms with Gasteiger partial charge in [0, 0.05) is 43.0 Å². The number of carbonyl (C=O) groups is 1. The first-order chi connectivity index (χ1) is 14.8. The number of rotatable bonds is 5. The molecule has 2 N–H and O–H groups in total. The van der Waals surface area contributed by atoms with Crippen molar-refractivity contribution < 1.29 is 9.53 Å². The van der Waals surface area contributed by atoms with E-state index in [1.165, 1.54) is 11.3 Å². The Balaban J connectivity index is 1.34. The zero-order chi connectivity index (χ0) is 20.3. The van der Waals surface area contributed by atoms with Crippen LogP contribution in [0.3, 0.4) is 0 Å². The summed E-state index contributed by atoms with van der Waals surface area (Å²) in [6.45, 7) is 4.07. The third-order valence-electron chi connectivity index (χ3n) is 4.95. The van der Waals surface area contributed by atoms with Gasteiger partial charge < -0.3 is 9.72 Å². The summed E-state index contributed by atoms with van der Waals surface area (Å²) >= 11 is 1.43. The van der Waals surface area contributed by atoms with Crippen LogP contribution in [-0.4, -0.2) is 57.0 Å². The van der Waals surface area contributed by atoms with Crippen LogP contribution >= 0.6 is 11.3 Å². The lowest BCUT2D eigenvalue weighted by Crippen LogP contribution is -2.35. The van der Waals surface area contributed by atoms with Gasteiger partial charge in [-0.05, 0) is 24.3 Å². The minimum atomic E-state index is -0.225. The fourth-order valence-electron chi connectivity index (χ4n) is 3.44. The summed E-state index contributed by atoms with van der Waals surface area (Å²) < 4.78 is 5.38. The van der Waals surface area contributed by atoms with E-state index in [2.05, 4.69) is 30.2 Å². The van der Waals surface area contributed by atoms with Gasteiger partial charge in [0.1, 0.15) is 11.3 Å². The first kappa shape index (κ1) is 18.9. The zero-order valence-corrected chi connectivity index (χ0v) is 17.0. The van der Waals surface area contributed by atoms with Crippen LogP contribution in [-0.2, 0) is 11.3 Å². The summed E-state index contributed by atoms with van der Waals surface area (Å²) in [5.41, 5.74) is 3.75. The highest BCUT2D eigenvalue weighted by molar-refractivity contribution is 7.14. The number of ether oxygens (including phenoxy) is 1. The maximum absolute atomic E-state index is 12.9. The molecule has 1 aliphatic rings. The Morgan fingerprint density at radius 1 is 1.20 bits per heavy atom. The maximum Gasteiger partial charge on any atom is 0.259 e. The van der Waals surface area contributed by atoms with Crippen molar-refractivity contribution in [3.63, 3.8) is 0 Å². The molecule has 152 valence electrons. The lowest BCUT2D eigenvalue weighted by atomic mass is 10.2. The molecule has 0 unspecified atom stereocenters. The van der Waals surface area contributed by atoms with Gasteiger partial charge in [0.15, 0.2) is 5.13 Å². The predicted molar refractivity (Wildman–Crippen MR) is 115 cm³/mol. The molecule has 1 amide bonds. The van der Waals surface area contributed by atoms with Gasteiger partial charge in [-0.15, -0.1) is 11.3 Å². The van der Waals surface area contributed by atoms with Gasteiger partial charge in [-0.1, -0.05) is 6.07 Å². The Morgan fingerprint density at radius 2 is 2.10 bits per heavy atom. The number of imidazole rings is 1. The van der Waals surface area contributed by atoms with E-state index in [-0.39, 0.29) is 5.91 Å². The number of aromatic amines is 1. The molecule has 1 saturated heterocycles. The second kappa shape index (κ2) is 8.31. The minimum absolute atomic E-state index is 0.225. The predicted octanol–water partition coefficient (Wildman–Crippen LogP) is 3.17. The van der Waals surface area contributed by atoms with Crippen molar-refractivity contribution >= 4 is 33.4 Å². The highest BCUT2D eigenvalue weighted by atomic mass is 32.1. The normalized spacial score (nSPS) is 14.8. The lowest BCUT2D eigenvalue weighted by molar-refractivity contribution is 0.0337. The van der Waals surface area contributed by atoms with Crippen molar-refractivity contribution in [2.45, 2.75) is 6.54 Å². The number of anilines is 1. The first-order valence-electron chi connectivity index (χ1n) is 9.71. The number of fused-ring (bicyclic) bond motifs is 1. The van der Waals surface area contributed by atoms with Crippen molar-refractivity contribution in [2.75, 3.05) is 31.6 Å². The van der Waals surface area contributed by atoms with Crippen LogP contribution in [0.5, 0.6) is 0 Å². The van der Waals surface area contributed by atoms with Crippen molar-refractivity contribution in [3.05, 3.63) is 59.4 Å². The number of nitrogens with one attached hydrogen (secondary N) is 2. The number of amides is 1. The van der Waals surface area contributed by atoms with E-state index in [1.807, 2.05) is 29.6 Å². The van der Waals surface area contributed by atoms with E-state index in [4.69, 9.17) is 4.74 Å². The summed E-state index contributed by atoms with van der Waals surface area (Å²) in [5, 5.41) is 5.49. The number of pyridine rings is 1. The standard InChI is InChI=1S/C21H20N6O2S/c28-20(26-21-23-15(13-30-21)12-27-7-9-29-10-8-27)16-4-1-5-17-18(16)25-19(24-17)14-3-2-6-22-11-14/h1-6,11,13H,7-10,12H2,(H,24,25)(H,23,26,28). The molecule has 4 aromatic rings. The molecule has 0 aliphatic carbocycles. The molecule has 9 heteroatoms. The third-order valence-corrected chi connectivity index (χ3v) is 5.76. The van der Waals surface area contributed by atoms with Crippen LogP contribution < -0.4 is 5.32 Å². The van der Waals surface area contributed by atoms with Gasteiger partial charge in [0.2, 0.25) is 0 Å². The number of hydrogen-bond acceptors (Lipinski definition) is 7. The molecule has 0 atom stereocenters. The number of thiazole rings is 1. The third kappa shape index (κ3) is 3.95. The van der Waals surface area contributed by atoms with Crippen molar-refractivity contribution in [2.24, 2.45) is 0 Å². The molecule has 3 aromatic heterocycles. The molecule has 5 rings (SSSR count). The largest absolute Gasteiger partial charge is 0.379 e. The van der Waals surface area contributed by atoms with Crippen molar-refractivity contribution in [3.8, 4) is 11.4 Å². The van der Waals surface area contributed by atoms with Crippen LogP contribution in [0, 0.1) is 0 Å². The van der Waals surface area contributed by atoms with Crippen molar-refractivity contribution in [1.29, 1.82) is 0 Å². The fraction of sp³-hybridized carbons (Fsp3) is 0.238. The van der Waals surface area contributed by atoms with Gasteiger partial charge in [-0.2, -0.15) is 0 Å². The SMILES string of the molecule is O=C(Nc1nc(CN2CCOCC2)cs1)c1cccc2[nH]c(-c3cccnc3)nc12. The van der Waals surface area contributed by atoms with E-state index >= 15 is 0 Å². The topological polar surface area (TPSA) is 96.0 Å². The molecule has 1 aromatic carbocycles. The highest BCUT2D eigenvalue weighted by Crippen LogP contribution is 2.24. The van der Waals surface area contributed by atoms with Crippen LogP contribution in [0.15, 0.2) is 48.1 Å². The van der Waals surface area contributed by atoms with E-state index in [0.29, 0.717) is 22.0 Å². The van der Waals surface area contributed by atoms with E-state index in [0.717, 1.165) is 49.6 Å². The number of H-pyrrole nitrogens is 1. The van der Waals surface area contributed by atoms with Crippen LogP contribution in [0.4, 0.5) is 5.13 Å². The molecule has 0 spiro atoms. The summed E-state index contributed by atoms with van der Waals surface area (Å²) in [5.74, 6) is 0.456. The Bertz CT molecular complexity index is 1170. The van der Waals surface area contributed by atoms with Crippen LogP contribution in [0.1, 0.15) is 16.1 Å². The van der Waals surface area contributed by atoms with E-state index in [1.54, 1.807) is 18.5 Å². The monoisotopic (exact) mass is 420 g/mol. The highest BCUT2D eigenvalue weighted by Gasteiger charge is 2.17. The number of aromatic nitrogens is 4. The fourth-order valence-corrected chi connectivity index (χ4v) is 4.14. The number of morpholine rings is 1. The summed E-state index contributed by atoms with van der Waals surface area (Å²) in [4.78, 5) is 31.8. The van der Waals surface area contributed by atoms with E-state index in [9.17, 15) is 4.79 Å². The molecule has 0 radical (unpaired) electrons. The molecule has 0 saturated carbocycles. The molecule has 0 bridgehead atoms. The average Bonchev–Trinajstić information content (AvgIpc) is 3.41. The molecule has 1 aliphatic heterocycles. The Kier molecular flexibility index (Phi) is 5.22. The average molecular weight is 420 g/mol. The molecule has 4 heterocycles. The second-order valence-corrected chi connectivity index (χ2v) is 7.87. The molecular weight excluding hydrogens is 400 g/mol. The number of nitrogens with zero attached hydrogens (tertiary/aromatic N) is 4. The molecular formula is C21H20N6O2S. The Labute approximate surface area is 177 Å². The number of hydrogen-bond donors (Lipinski definition) is 2. The zero-order valence-electron chi connectivity index (χ0n) is 16.2. The van der Waals surface area contributed by atoms with Crippen molar-refractivity contribution in [1.82, 2.24) is 24.8 Å². The minimum Gasteiger partial charge on any atom is -0.379 e. The number of benzene rings is 1. The van der Waals surface area contributed by atoms with Crippen LogP contribution in [0.2, 0.25) is 0 Å². The van der Waals surface area contributed by atoms with Gasteiger partial charge in [0.05, 0.1) is 30.0 Å². The summed E-state index contributed by atoms with van der Waals surface area (Å²) in [7, 11) is 0. The summed E-state index contributed by atoms with van der Waals surface area (Å²) in [6, 6.07) is 9.30. The number of para-hydroxylation sites is 1. The quantitative estimate of drug-likeness (QED) is 0.515. The van der Waals surface area contributed by atoms with Gasteiger partial charge >= 0.3 is 0 Å². The molecule has 8 nitrogen and oxygen atoms in total. The molecule has 1 fully saturated rings. The second-order valence-electron chi connectivity index (χ2n) is 7.02. The Hall–Kier alpha value is -3.14. The maximum atomic E-state index is 12.9. The lowest BCUT2D eigenvalue weighted by Gasteiger charge is -2.25. The van der Waals surface area contributed by atoms with Gasteiger partial charge in [-0.25, -0.2) is 9.97 Å². The smallest absolute Gasteiger partial charge is 0.259 e. The Morgan fingerprint density at radius 3 is 2.93 bits per heavy atom. The van der Waals surface area contributed by atoms with Gasteiger partial charge in [0.25, 0.3) is 5.91 Å². The van der Waals surface area contributed by atoms with Gasteiger partial charge in [-0.3, -0.25) is 20.0 Å².